The summed E-state index contributed by atoms with van der Waals surface area (Å²) in [6.07, 6.45) is 1.55. The number of piperazine rings is 1. The number of nitrogens with zero attached hydrogens (tertiary/aromatic N) is 4. The molecule has 2 aliphatic heterocycles. The number of hydrogen-bond acceptors (Lipinski definition) is 4. The minimum atomic E-state index is -0.995. The van der Waals surface area contributed by atoms with Crippen molar-refractivity contribution in [3.05, 3.63) is 89.0 Å². The summed E-state index contributed by atoms with van der Waals surface area (Å²) in [5.74, 6) is -1.93. The SMILES string of the molecule is CC1=C(C(=O)N2CCN(c3ccc(F)cc3)CC2)C(c2cccc(F)c2F)n2nccc2N1. The Morgan fingerprint density at radius 1 is 1.00 bits per heavy atom. The summed E-state index contributed by atoms with van der Waals surface area (Å²) >= 11 is 0. The highest BCUT2D eigenvalue weighted by molar-refractivity contribution is 5.97. The maximum Gasteiger partial charge on any atom is 0.254 e. The van der Waals surface area contributed by atoms with Crippen LogP contribution in [0.5, 0.6) is 0 Å². The predicted octanol–water partition coefficient (Wildman–Crippen LogP) is 3.94. The van der Waals surface area contributed by atoms with Crippen molar-refractivity contribution in [3.8, 4) is 0 Å². The van der Waals surface area contributed by atoms with Crippen molar-refractivity contribution in [2.45, 2.75) is 13.0 Å². The Hall–Kier alpha value is -3.75. The van der Waals surface area contributed by atoms with Crippen LogP contribution in [-0.2, 0) is 4.79 Å². The molecule has 5 rings (SSSR count). The zero-order chi connectivity index (χ0) is 23.1. The molecule has 1 saturated heterocycles. The lowest BCUT2D eigenvalue weighted by molar-refractivity contribution is -0.128. The van der Waals surface area contributed by atoms with Gasteiger partial charge in [-0.2, -0.15) is 5.10 Å². The number of allylic oxidation sites excluding steroid dienone is 1. The van der Waals surface area contributed by atoms with Crippen LogP contribution < -0.4 is 10.2 Å². The summed E-state index contributed by atoms with van der Waals surface area (Å²) in [6, 6.07) is 11.0. The van der Waals surface area contributed by atoms with Crippen LogP contribution in [0.4, 0.5) is 24.7 Å². The highest BCUT2D eigenvalue weighted by Gasteiger charge is 2.37. The van der Waals surface area contributed by atoms with E-state index < -0.39 is 17.7 Å². The second kappa shape index (κ2) is 8.31. The molecule has 2 aromatic carbocycles. The third-order valence-corrected chi connectivity index (χ3v) is 6.17. The van der Waals surface area contributed by atoms with E-state index in [1.807, 2.05) is 0 Å². The number of halogens is 3. The van der Waals surface area contributed by atoms with E-state index in [4.69, 9.17) is 0 Å². The van der Waals surface area contributed by atoms with Gasteiger partial charge in [0.1, 0.15) is 17.7 Å². The molecule has 0 bridgehead atoms. The predicted molar refractivity (Wildman–Crippen MR) is 118 cm³/mol. The van der Waals surface area contributed by atoms with Gasteiger partial charge in [-0.1, -0.05) is 12.1 Å². The van der Waals surface area contributed by atoms with Crippen molar-refractivity contribution in [2.24, 2.45) is 0 Å². The van der Waals surface area contributed by atoms with Crippen molar-refractivity contribution < 1.29 is 18.0 Å². The fraction of sp³-hybridized carbons (Fsp3) is 0.250. The van der Waals surface area contributed by atoms with Gasteiger partial charge in [0.2, 0.25) is 0 Å². The number of fused-ring (bicyclic) bond motifs is 1. The van der Waals surface area contributed by atoms with Crippen LogP contribution in [0.2, 0.25) is 0 Å². The van der Waals surface area contributed by atoms with Gasteiger partial charge in [0.15, 0.2) is 11.6 Å². The van der Waals surface area contributed by atoms with E-state index in [0.717, 1.165) is 11.8 Å². The summed E-state index contributed by atoms with van der Waals surface area (Å²) < 4.78 is 43.7. The molecule has 33 heavy (non-hydrogen) atoms. The van der Waals surface area contributed by atoms with Gasteiger partial charge in [-0.05, 0) is 37.3 Å². The van der Waals surface area contributed by atoms with E-state index in [2.05, 4.69) is 15.3 Å². The van der Waals surface area contributed by atoms with Crippen molar-refractivity contribution in [2.75, 3.05) is 36.4 Å². The molecule has 3 heterocycles. The summed E-state index contributed by atoms with van der Waals surface area (Å²) in [7, 11) is 0. The number of aromatic nitrogens is 2. The topological polar surface area (TPSA) is 53.4 Å². The maximum absolute atomic E-state index is 14.8. The molecule has 1 amide bonds. The molecule has 1 atom stereocenters. The number of rotatable bonds is 3. The van der Waals surface area contributed by atoms with Gasteiger partial charge in [-0.3, -0.25) is 4.79 Å². The van der Waals surface area contributed by atoms with Crippen LogP contribution in [0.3, 0.4) is 0 Å². The zero-order valence-electron chi connectivity index (χ0n) is 17.9. The number of anilines is 2. The normalized spacial score (nSPS) is 18.2. The minimum absolute atomic E-state index is 0.0501. The smallest absolute Gasteiger partial charge is 0.254 e. The van der Waals surface area contributed by atoms with E-state index in [1.165, 1.54) is 28.9 Å². The molecule has 0 saturated carbocycles. The molecular formula is C24H22F3N5O. The lowest BCUT2D eigenvalue weighted by atomic mass is 9.93. The van der Waals surface area contributed by atoms with Crippen LogP contribution in [0.15, 0.2) is 66.0 Å². The van der Waals surface area contributed by atoms with Gasteiger partial charge in [0, 0.05) is 49.2 Å². The molecule has 6 nitrogen and oxygen atoms in total. The molecular weight excluding hydrogens is 431 g/mol. The first-order valence-electron chi connectivity index (χ1n) is 10.7. The monoisotopic (exact) mass is 453 g/mol. The van der Waals surface area contributed by atoms with Gasteiger partial charge >= 0.3 is 0 Å². The largest absolute Gasteiger partial charge is 0.368 e. The number of carbonyl (C=O) groups is 1. The summed E-state index contributed by atoms with van der Waals surface area (Å²) in [5, 5.41) is 7.43. The third-order valence-electron chi connectivity index (χ3n) is 6.17. The van der Waals surface area contributed by atoms with E-state index in [-0.39, 0.29) is 17.3 Å². The average molecular weight is 453 g/mol. The van der Waals surface area contributed by atoms with Gasteiger partial charge in [-0.25, -0.2) is 17.9 Å². The van der Waals surface area contributed by atoms with Crippen molar-refractivity contribution in [1.29, 1.82) is 0 Å². The Kier molecular flexibility index (Phi) is 5.32. The number of carbonyl (C=O) groups excluding carboxylic acids is 1. The maximum atomic E-state index is 14.8. The molecule has 1 N–H and O–H groups in total. The van der Waals surface area contributed by atoms with E-state index >= 15 is 0 Å². The van der Waals surface area contributed by atoms with Gasteiger partial charge in [0.05, 0.1) is 11.8 Å². The first kappa shape index (κ1) is 21.1. The highest BCUT2D eigenvalue weighted by Crippen LogP contribution is 2.38. The third kappa shape index (κ3) is 3.73. The molecule has 3 aromatic rings. The van der Waals surface area contributed by atoms with Crippen LogP contribution in [0, 0.1) is 17.5 Å². The highest BCUT2D eigenvalue weighted by atomic mass is 19.2. The van der Waals surface area contributed by atoms with E-state index in [1.54, 1.807) is 36.2 Å². The number of amides is 1. The minimum Gasteiger partial charge on any atom is -0.368 e. The quantitative estimate of drug-likeness (QED) is 0.653. The standard InChI is InChI=1S/C24H22F3N5O/c1-15-21(24(33)31-13-11-30(12-14-31)17-7-5-16(25)6-8-17)23(32-20(29-15)9-10-28-32)18-3-2-4-19(26)22(18)27/h2-10,23,29H,11-14H2,1H3. The second-order valence-corrected chi connectivity index (χ2v) is 8.13. The van der Waals surface area contributed by atoms with Crippen LogP contribution in [0.25, 0.3) is 0 Å². The Morgan fingerprint density at radius 2 is 1.73 bits per heavy atom. The Balaban J connectivity index is 1.44. The van der Waals surface area contributed by atoms with Crippen molar-refractivity contribution in [1.82, 2.24) is 14.7 Å². The van der Waals surface area contributed by atoms with Crippen LogP contribution in [-0.4, -0.2) is 46.8 Å². The van der Waals surface area contributed by atoms with Crippen LogP contribution >= 0.6 is 0 Å². The molecule has 1 fully saturated rings. The second-order valence-electron chi connectivity index (χ2n) is 8.13. The lowest BCUT2D eigenvalue weighted by Gasteiger charge is -2.38. The van der Waals surface area contributed by atoms with Gasteiger partial charge < -0.3 is 15.1 Å². The Bertz CT molecular complexity index is 1230. The molecule has 0 aliphatic carbocycles. The molecule has 170 valence electrons. The lowest BCUT2D eigenvalue weighted by Crippen LogP contribution is -2.50. The molecule has 0 spiro atoms. The Labute approximate surface area is 188 Å². The zero-order valence-corrected chi connectivity index (χ0v) is 17.9. The fourth-order valence-corrected chi connectivity index (χ4v) is 4.49. The molecule has 1 unspecified atom stereocenters. The van der Waals surface area contributed by atoms with Crippen molar-refractivity contribution >= 4 is 17.4 Å². The number of hydrogen-bond donors (Lipinski definition) is 1. The molecule has 1 aromatic heterocycles. The number of nitrogens with one attached hydrogen (secondary N) is 1. The summed E-state index contributed by atoms with van der Waals surface area (Å²) in [6.45, 7) is 3.78. The fourth-order valence-electron chi connectivity index (χ4n) is 4.49. The van der Waals surface area contributed by atoms with Gasteiger partial charge in [-0.15, -0.1) is 0 Å². The van der Waals surface area contributed by atoms with E-state index in [9.17, 15) is 18.0 Å². The van der Waals surface area contributed by atoms with Crippen LogP contribution in [0.1, 0.15) is 18.5 Å². The Morgan fingerprint density at radius 3 is 2.45 bits per heavy atom. The van der Waals surface area contributed by atoms with Gasteiger partial charge in [0.25, 0.3) is 5.91 Å². The summed E-state index contributed by atoms with van der Waals surface area (Å²) in [4.78, 5) is 17.5. The first-order valence-corrected chi connectivity index (χ1v) is 10.7. The first-order chi connectivity index (χ1) is 15.9. The molecule has 2 aliphatic rings. The molecule has 0 radical (unpaired) electrons. The average Bonchev–Trinajstić information content (AvgIpc) is 3.28. The molecule has 9 heteroatoms. The van der Waals surface area contributed by atoms with Crippen molar-refractivity contribution in [3.63, 3.8) is 0 Å². The summed E-state index contributed by atoms with van der Waals surface area (Å²) in [5.41, 5.74) is 1.83. The number of benzene rings is 2. The van der Waals surface area contributed by atoms with E-state index in [0.29, 0.717) is 43.3 Å².